The van der Waals surface area contributed by atoms with E-state index in [-0.39, 0.29) is 12.5 Å². The minimum Gasteiger partial charge on any atom is -0.497 e. The number of hydrogen-bond acceptors (Lipinski definition) is 4. The monoisotopic (exact) mass is 365 g/mol. The van der Waals surface area contributed by atoms with Gasteiger partial charge in [0.25, 0.3) is 5.91 Å². The van der Waals surface area contributed by atoms with Gasteiger partial charge in [0.2, 0.25) is 0 Å². The zero-order valence-electron chi connectivity index (χ0n) is 15.3. The van der Waals surface area contributed by atoms with Gasteiger partial charge in [-0.1, -0.05) is 42.5 Å². The molecule has 0 aliphatic heterocycles. The molecule has 140 valence electrons. The number of carbonyl (C=O) groups excluding carboxylic acids is 1. The second-order valence-corrected chi connectivity index (χ2v) is 6.14. The average molecular weight is 365 g/mol. The minimum absolute atomic E-state index is 0.0380. The van der Waals surface area contributed by atoms with Crippen LogP contribution in [0.4, 0.5) is 0 Å². The molecule has 27 heavy (non-hydrogen) atoms. The second kappa shape index (κ2) is 9.00. The van der Waals surface area contributed by atoms with E-state index < -0.39 is 0 Å². The molecule has 1 heterocycles. The van der Waals surface area contributed by atoms with Crippen molar-refractivity contribution in [2.45, 2.75) is 13.0 Å². The van der Waals surface area contributed by atoms with Crippen LogP contribution in [-0.2, 0) is 6.54 Å². The molecule has 2 aromatic carbocycles. The molecule has 2 N–H and O–H groups in total. The van der Waals surface area contributed by atoms with Gasteiger partial charge < -0.3 is 15.2 Å². The Morgan fingerprint density at radius 2 is 2.00 bits per heavy atom. The first-order chi connectivity index (χ1) is 13.2. The number of methoxy groups -OCH3 is 1. The Bertz CT molecular complexity index is 891. The summed E-state index contributed by atoms with van der Waals surface area (Å²) in [6, 6.07) is 17.5. The Morgan fingerprint density at radius 1 is 1.19 bits per heavy atom. The largest absolute Gasteiger partial charge is 0.497 e. The number of benzene rings is 2. The van der Waals surface area contributed by atoms with E-state index in [1.807, 2.05) is 54.6 Å². The first kappa shape index (κ1) is 18.7. The topological polar surface area (TPSA) is 76.4 Å². The molecule has 0 atom stereocenters. The summed E-state index contributed by atoms with van der Waals surface area (Å²) in [5, 5.41) is 16.4. The Kier molecular flexibility index (Phi) is 6.22. The maximum atomic E-state index is 12.7. The molecule has 0 saturated heterocycles. The molecule has 1 amide bonds. The first-order valence-electron chi connectivity index (χ1n) is 8.86. The first-order valence-corrected chi connectivity index (χ1v) is 8.86. The van der Waals surface area contributed by atoms with Crippen LogP contribution in [0.5, 0.6) is 5.75 Å². The van der Waals surface area contributed by atoms with Gasteiger partial charge in [-0.05, 0) is 24.1 Å². The number of rotatable bonds is 8. The Balaban J connectivity index is 1.94. The summed E-state index contributed by atoms with van der Waals surface area (Å²) in [5.74, 6) is 0.498. The fourth-order valence-electron chi connectivity index (χ4n) is 2.80. The standard InChI is InChI=1S/C21H23N3O3/c1-27-18-10-5-9-17(13-18)20-19(21(26)22-11-6-12-25)15-24(23-20)14-16-7-3-2-4-8-16/h2-5,7-10,13,15,25H,6,11-12,14H2,1H3,(H,22,26). The Labute approximate surface area is 158 Å². The number of amides is 1. The normalized spacial score (nSPS) is 10.6. The number of hydrogen-bond donors (Lipinski definition) is 2. The number of aromatic nitrogens is 2. The van der Waals surface area contributed by atoms with Crippen LogP contribution in [0.15, 0.2) is 60.8 Å². The molecule has 0 aliphatic carbocycles. The summed E-state index contributed by atoms with van der Waals surface area (Å²) < 4.78 is 7.06. The lowest BCUT2D eigenvalue weighted by Crippen LogP contribution is -2.25. The average Bonchev–Trinajstić information content (AvgIpc) is 3.13. The zero-order valence-corrected chi connectivity index (χ0v) is 15.3. The molecular weight excluding hydrogens is 342 g/mol. The van der Waals surface area contributed by atoms with Gasteiger partial charge in [-0.15, -0.1) is 0 Å². The molecule has 6 nitrogen and oxygen atoms in total. The Morgan fingerprint density at radius 3 is 2.74 bits per heavy atom. The number of nitrogens with zero attached hydrogens (tertiary/aromatic N) is 2. The van der Waals surface area contributed by atoms with E-state index in [2.05, 4.69) is 10.4 Å². The van der Waals surface area contributed by atoms with Crippen molar-refractivity contribution in [2.75, 3.05) is 20.3 Å². The summed E-state index contributed by atoms with van der Waals surface area (Å²) in [6.07, 6.45) is 2.27. The highest BCUT2D eigenvalue weighted by molar-refractivity contribution is 5.99. The SMILES string of the molecule is COc1cccc(-c2nn(Cc3ccccc3)cc2C(=O)NCCCO)c1. The van der Waals surface area contributed by atoms with Gasteiger partial charge in [-0.3, -0.25) is 9.48 Å². The predicted octanol–water partition coefficient (Wildman–Crippen LogP) is 2.72. The van der Waals surface area contributed by atoms with Gasteiger partial charge in [0.05, 0.1) is 19.2 Å². The molecule has 0 unspecified atom stereocenters. The maximum Gasteiger partial charge on any atom is 0.255 e. The van der Waals surface area contributed by atoms with E-state index in [1.54, 1.807) is 18.0 Å². The van der Waals surface area contributed by atoms with Crippen LogP contribution >= 0.6 is 0 Å². The molecule has 0 spiro atoms. The van der Waals surface area contributed by atoms with Crippen molar-refractivity contribution in [1.82, 2.24) is 15.1 Å². The molecule has 1 aromatic heterocycles. The number of nitrogens with one attached hydrogen (secondary N) is 1. The van der Waals surface area contributed by atoms with E-state index in [9.17, 15) is 4.79 Å². The van der Waals surface area contributed by atoms with Crippen LogP contribution in [-0.4, -0.2) is 41.1 Å². The van der Waals surface area contributed by atoms with E-state index in [0.29, 0.717) is 36.5 Å². The number of aliphatic hydroxyl groups excluding tert-OH is 1. The van der Waals surface area contributed by atoms with Crippen LogP contribution in [0.25, 0.3) is 11.3 Å². The second-order valence-electron chi connectivity index (χ2n) is 6.14. The van der Waals surface area contributed by atoms with Crippen LogP contribution in [0.1, 0.15) is 22.3 Å². The van der Waals surface area contributed by atoms with Crippen molar-refractivity contribution >= 4 is 5.91 Å². The van der Waals surface area contributed by atoms with Crippen LogP contribution < -0.4 is 10.1 Å². The molecule has 0 fully saturated rings. The third-order valence-corrected chi connectivity index (χ3v) is 4.16. The molecule has 3 rings (SSSR count). The third kappa shape index (κ3) is 4.74. The van der Waals surface area contributed by atoms with E-state index in [4.69, 9.17) is 9.84 Å². The van der Waals surface area contributed by atoms with Gasteiger partial charge in [0.15, 0.2) is 0 Å². The summed E-state index contributed by atoms with van der Waals surface area (Å²) >= 11 is 0. The van der Waals surface area contributed by atoms with Gasteiger partial charge in [-0.2, -0.15) is 5.10 Å². The quantitative estimate of drug-likeness (QED) is 0.602. The minimum atomic E-state index is -0.208. The van der Waals surface area contributed by atoms with Gasteiger partial charge in [-0.25, -0.2) is 0 Å². The third-order valence-electron chi connectivity index (χ3n) is 4.16. The van der Waals surface area contributed by atoms with E-state index in [0.717, 1.165) is 11.1 Å². The van der Waals surface area contributed by atoms with Crippen molar-refractivity contribution in [3.8, 4) is 17.0 Å². The highest BCUT2D eigenvalue weighted by Gasteiger charge is 2.18. The van der Waals surface area contributed by atoms with Crippen molar-refractivity contribution in [3.63, 3.8) is 0 Å². The highest BCUT2D eigenvalue weighted by atomic mass is 16.5. The molecular formula is C21H23N3O3. The van der Waals surface area contributed by atoms with Gasteiger partial charge in [0.1, 0.15) is 11.4 Å². The fraction of sp³-hybridized carbons (Fsp3) is 0.238. The maximum absolute atomic E-state index is 12.7. The number of ether oxygens (including phenoxy) is 1. The lowest BCUT2D eigenvalue weighted by Gasteiger charge is -2.06. The number of aliphatic hydroxyl groups is 1. The summed E-state index contributed by atoms with van der Waals surface area (Å²) in [6.45, 7) is 1.02. The van der Waals surface area contributed by atoms with E-state index in [1.165, 1.54) is 0 Å². The zero-order chi connectivity index (χ0) is 19.1. The van der Waals surface area contributed by atoms with Gasteiger partial charge in [0, 0.05) is 24.9 Å². The molecule has 3 aromatic rings. The fourth-order valence-corrected chi connectivity index (χ4v) is 2.80. The summed E-state index contributed by atoms with van der Waals surface area (Å²) in [5.41, 5.74) is 3.02. The van der Waals surface area contributed by atoms with Crippen molar-refractivity contribution in [3.05, 3.63) is 71.9 Å². The molecule has 0 radical (unpaired) electrons. The molecule has 0 saturated carbocycles. The van der Waals surface area contributed by atoms with Crippen LogP contribution in [0.2, 0.25) is 0 Å². The number of carbonyl (C=O) groups is 1. The molecule has 0 aliphatic rings. The summed E-state index contributed by atoms with van der Waals surface area (Å²) in [7, 11) is 1.61. The van der Waals surface area contributed by atoms with Crippen LogP contribution in [0, 0.1) is 0 Å². The van der Waals surface area contributed by atoms with Crippen molar-refractivity contribution in [1.29, 1.82) is 0 Å². The lowest BCUT2D eigenvalue weighted by molar-refractivity contribution is 0.0951. The van der Waals surface area contributed by atoms with Crippen molar-refractivity contribution < 1.29 is 14.6 Å². The van der Waals surface area contributed by atoms with E-state index >= 15 is 0 Å². The molecule has 0 bridgehead atoms. The highest BCUT2D eigenvalue weighted by Crippen LogP contribution is 2.26. The van der Waals surface area contributed by atoms with Crippen LogP contribution in [0.3, 0.4) is 0 Å². The predicted molar refractivity (Wildman–Crippen MR) is 104 cm³/mol. The summed E-state index contributed by atoms with van der Waals surface area (Å²) in [4.78, 5) is 12.7. The van der Waals surface area contributed by atoms with Gasteiger partial charge >= 0.3 is 0 Å². The Hall–Kier alpha value is -3.12. The lowest BCUT2D eigenvalue weighted by atomic mass is 10.1. The smallest absolute Gasteiger partial charge is 0.255 e. The van der Waals surface area contributed by atoms with Crippen molar-refractivity contribution in [2.24, 2.45) is 0 Å². The molecule has 6 heteroatoms.